The smallest absolute Gasteiger partial charge is 0.213 e. The van der Waals surface area contributed by atoms with Gasteiger partial charge in [0.15, 0.2) is 0 Å². The van der Waals surface area contributed by atoms with Crippen molar-refractivity contribution >= 4 is 11.6 Å². The molecule has 0 spiro atoms. The normalized spacial score (nSPS) is 11.1. The maximum atomic E-state index is 6.12. The Bertz CT molecular complexity index is 403. The molecule has 1 aromatic rings. The summed E-state index contributed by atoms with van der Waals surface area (Å²) in [6, 6.07) is 2.28. The van der Waals surface area contributed by atoms with Gasteiger partial charge in [-0.05, 0) is 5.56 Å². The van der Waals surface area contributed by atoms with Gasteiger partial charge in [-0.3, -0.25) is 0 Å². The van der Waals surface area contributed by atoms with Crippen molar-refractivity contribution in [3.63, 3.8) is 0 Å². The third-order valence-corrected chi connectivity index (χ3v) is 3.07. The first kappa shape index (κ1) is 18.2. The van der Waals surface area contributed by atoms with E-state index in [2.05, 4.69) is 24.1 Å². The van der Waals surface area contributed by atoms with Crippen LogP contribution in [0.15, 0.2) is 12.3 Å². The fraction of sp³-hybridized carbons (Fsp3) is 0.667. The zero-order chi connectivity index (χ0) is 15.5. The molecule has 0 saturated heterocycles. The van der Waals surface area contributed by atoms with Crippen LogP contribution in [0.25, 0.3) is 0 Å². The average Bonchev–Trinajstić information content (AvgIpc) is 2.46. The molecule has 120 valence electrons. The molecular formula is C15H25ClN2O3. The lowest BCUT2D eigenvalue weighted by atomic mass is 10.2. The van der Waals surface area contributed by atoms with Crippen molar-refractivity contribution in [3.8, 4) is 5.88 Å². The number of methoxy groups -OCH3 is 1. The fourth-order valence-corrected chi connectivity index (χ4v) is 1.74. The van der Waals surface area contributed by atoms with E-state index in [-0.39, 0.29) is 0 Å². The third-order valence-electron chi connectivity index (χ3n) is 2.73. The van der Waals surface area contributed by atoms with E-state index in [1.807, 2.05) is 6.07 Å². The lowest BCUT2D eigenvalue weighted by Crippen LogP contribution is -2.22. The van der Waals surface area contributed by atoms with Crippen molar-refractivity contribution in [2.24, 2.45) is 0 Å². The molecule has 1 heterocycles. The molecule has 0 aliphatic heterocycles. The predicted molar refractivity (Wildman–Crippen MR) is 84.0 cm³/mol. The Balaban J connectivity index is 2.30. The number of rotatable bonds is 11. The Labute approximate surface area is 131 Å². The number of nitrogens with zero attached hydrogens (tertiary/aromatic N) is 1. The van der Waals surface area contributed by atoms with Crippen molar-refractivity contribution in [3.05, 3.63) is 22.8 Å². The summed E-state index contributed by atoms with van der Waals surface area (Å²) in [5.74, 6) is 0.594. The molecule has 6 heteroatoms. The molecule has 0 radical (unpaired) electrons. The van der Waals surface area contributed by atoms with E-state index in [1.54, 1.807) is 13.3 Å². The molecule has 1 rings (SSSR count). The topological polar surface area (TPSA) is 52.6 Å². The van der Waals surface area contributed by atoms with Gasteiger partial charge in [-0.1, -0.05) is 25.4 Å². The van der Waals surface area contributed by atoms with E-state index < -0.39 is 0 Å². The van der Waals surface area contributed by atoms with Gasteiger partial charge in [0.25, 0.3) is 0 Å². The standard InChI is InChI=1S/C15H25ClN2O3/c1-12(2)17-10-13-9-15(18-11-14(13)16)21-6-4-5-20-8-7-19-3/h9,11-12,17H,4-8,10H2,1-3H3. The van der Waals surface area contributed by atoms with Crippen LogP contribution >= 0.6 is 11.6 Å². The maximum Gasteiger partial charge on any atom is 0.213 e. The highest BCUT2D eigenvalue weighted by atomic mass is 35.5. The Morgan fingerprint density at radius 1 is 1.24 bits per heavy atom. The molecule has 0 unspecified atom stereocenters. The Morgan fingerprint density at radius 3 is 2.76 bits per heavy atom. The Morgan fingerprint density at radius 2 is 2.05 bits per heavy atom. The SMILES string of the molecule is COCCOCCCOc1cc(CNC(C)C)c(Cl)cn1. The van der Waals surface area contributed by atoms with E-state index in [0.717, 1.165) is 12.0 Å². The summed E-state index contributed by atoms with van der Waals surface area (Å²) in [6.45, 7) is 7.34. The van der Waals surface area contributed by atoms with Crippen molar-refractivity contribution in [1.29, 1.82) is 0 Å². The van der Waals surface area contributed by atoms with Gasteiger partial charge in [-0.15, -0.1) is 0 Å². The Kier molecular flexibility index (Phi) is 9.34. The van der Waals surface area contributed by atoms with Crippen LogP contribution in [-0.4, -0.2) is 44.6 Å². The number of nitrogens with one attached hydrogen (secondary N) is 1. The molecule has 0 aliphatic carbocycles. The minimum absolute atomic E-state index is 0.405. The zero-order valence-corrected chi connectivity index (χ0v) is 13.8. The molecule has 0 saturated carbocycles. The quantitative estimate of drug-likeness (QED) is 0.636. The van der Waals surface area contributed by atoms with Gasteiger partial charge in [-0.2, -0.15) is 0 Å². The number of halogens is 1. The number of hydrogen-bond acceptors (Lipinski definition) is 5. The van der Waals surface area contributed by atoms with E-state index in [1.165, 1.54) is 0 Å². The molecule has 0 amide bonds. The summed E-state index contributed by atoms with van der Waals surface area (Å²) in [5.41, 5.74) is 0.992. The lowest BCUT2D eigenvalue weighted by Gasteiger charge is -2.11. The van der Waals surface area contributed by atoms with E-state index in [0.29, 0.717) is 49.9 Å². The van der Waals surface area contributed by atoms with Crippen molar-refractivity contribution < 1.29 is 14.2 Å². The number of hydrogen-bond donors (Lipinski definition) is 1. The first-order chi connectivity index (χ1) is 10.1. The van der Waals surface area contributed by atoms with Crippen LogP contribution in [0.1, 0.15) is 25.8 Å². The molecule has 21 heavy (non-hydrogen) atoms. The maximum absolute atomic E-state index is 6.12. The van der Waals surface area contributed by atoms with Gasteiger partial charge in [0.2, 0.25) is 5.88 Å². The summed E-state index contributed by atoms with van der Waals surface area (Å²) in [7, 11) is 1.66. The van der Waals surface area contributed by atoms with Crippen LogP contribution in [0.5, 0.6) is 5.88 Å². The summed E-state index contributed by atoms with van der Waals surface area (Å²) >= 11 is 6.12. The van der Waals surface area contributed by atoms with Crippen molar-refractivity contribution in [2.75, 3.05) is 33.5 Å². The molecule has 1 N–H and O–H groups in total. The van der Waals surface area contributed by atoms with Crippen LogP contribution in [0.4, 0.5) is 0 Å². The second-order valence-corrected chi connectivity index (χ2v) is 5.36. The van der Waals surface area contributed by atoms with Gasteiger partial charge in [-0.25, -0.2) is 4.98 Å². The van der Waals surface area contributed by atoms with Gasteiger partial charge in [0.05, 0.1) is 24.8 Å². The zero-order valence-electron chi connectivity index (χ0n) is 13.0. The second-order valence-electron chi connectivity index (χ2n) is 4.96. The minimum Gasteiger partial charge on any atom is -0.478 e. The number of pyridine rings is 1. The second kappa shape index (κ2) is 10.8. The third kappa shape index (κ3) is 8.21. The van der Waals surface area contributed by atoms with Crippen LogP contribution in [0.2, 0.25) is 5.02 Å². The highest BCUT2D eigenvalue weighted by Gasteiger charge is 2.05. The Hall–Kier alpha value is -0.880. The molecule has 5 nitrogen and oxygen atoms in total. The van der Waals surface area contributed by atoms with Crippen LogP contribution in [-0.2, 0) is 16.0 Å². The van der Waals surface area contributed by atoms with Gasteiger partial charge >= 0.3 is 0 Å². The van der Waals surface area contributed by atoms with Gasteiger partial charge in [0.1, 0.15) is 0 Å². The highest BCUT2D eigenvalue weighted by Crippen LogP contribution is 2.19. The van der Waals surface area contributed by atoms with Crippen LogP contribution in [0.3, 0.4) is 0 Å². The predicted octanol–water partition coefficient (Wildman–Crippen LogP) is 2.66. The summed E-state index contributed by atoms with van der Waals surface area (Å²) in [6.07, 6.45) is 2.44. The van der Waals surface area contributed by atoms with Gasteiger partial charge in [0, 0.05) is 45.0 Å². The van der Waals surface area contributed by atoms with Crippen LogP contribution < -0.4 is 10.1 Å². The molecule has 0 aliphatic rings. The number of ether oxygens (including phenoxy) is 3. The van der Waals surface area contributed by atoms with E-state index >= 15 is 0 Å². The average molecular weight is 317 g/mol. The van der Waals surface area contributed by atoms with Gasteiger partial charge < -0.3 is 19.5 Å². The highest BCUT2D eigenvalue weighted by molar-refractivity contribution is 6.31. The first-order valence-corrected chi connectivity index (χ1v) is 7.58. The molecule has 1 aromatic heterocycles. The van der Waals surface area contributed by atoms with E-state index in [9.17, 15) is 0 Å². The summed E-state index contributed by atoms with van der Waals surface area (Å²) < 4.78 is 15.9. The lowest BCUT2D eigenvalue weighted by molar-refractivity contribution is 0.0642. The minimum atomic E-state index is 0.405. The largest absolute Gasteiger partial charge is 0.478 e. The van der Waals surface area contributed by atoms with Crippen molar-refractivity contribution in [2.45, 2.75) is 32.9 Å². The summed E-state index contributed by atoms with van der Waals surface area (Å²) in [4.78, 5) is 4.17. The van der Waals surface area contributed by atoms with Crippen molar-refractivity contribution in [1.82, 2.24) is 10.3 Å². The summed E-state index contributed by atoms with van der Waals surface area (Å²) in [5, 5.41) is 3.98. The molecule has 0 atom stereocenters. The molecule has 0 bridgehead atoms. The molecule has 0 fully saturated rings. The van der Waals surface area contributed by atoms with E-state index in [4.69, 9.17) is 25.8 Å². The molecule has 0 aromatic carbocycles. The van der Waals surface area contributed by atoms with Crippen LogP contribution in [0, 0.1) is 0 Å². The monoisotopic (exact) mass is 316 g/mol. The fourth-order valence-electron chi connectivity index (χ4n) is 1.57. The number of aromatic nitrogens is 1. The first-order valence-electron chi connectivity index (χ1n) is 7.20. The molecular weight excluding hydrogens is 292 g/mol.